The fourth-order valence-electron chi connectivity index (χ4n) is 1.32. The van der Waals surface area contributed by atoms with Crippen LogP contribution in [0.15, 0.2) is 24.5 Å². The molecule has 0 aromatic carbocycles. The summed E-state index contributed by atoms with van der Waals surface area (Å²) in [6.07, 6.45) is 2.90. The minimum atomic E-state index is -0.582. The second-order valence-corrected chi connectivity index (χ2v) is 3.31. The molecule has 1 unspecified atom stereocenters. The van der Waals surface area contributed by atoms with Crippen LogP contribution >= 0.6 is 11.6 Å². The molecule has 0 spiro atoms. The molecule has 0 fully saturated rings. The van der Waals surface area contributed by atoms with Crippen molar-refractivity contribution in [1.29, 1.82) is 0 Å². The number of nitrogens with zero attached hydrogens (tertiary/aromatic N) is 2. The van der Waals surface area contributed by atoms with E-state index in [1.165, 1.54) is 0 Å². The van der Waals surface area contributed by atoms with Gasteiger partial charge in [0.05, 0.1) is 16.7 Å². The van der Waals surface area contributed by atoms with Crippen molar-refractivity contribution < 1.29 is 5.11 Å². The molecule has 0 aliphatic rings. The van der Waals surface area contributed by atoms with Crippen molar-refractivity contribution in [3.8, 4) is 0 Å². The third-order valence-electron chi connectivity index (χ3n) is 1.92. The minimum absolute atomic E-state index is 0.582. The maximum atomic E-state index is 9.38. The molecule has 1 atom stereocenters. The number of aromatic nitrogens is 2. The molecule has 2 rings (SSSR count). The summed E-state index contributed by atoms with van der Waals surface area (Å²) in [5.74, 6) is 0.609. The molecule has 0 amide bonds. The van der Waals surface area contributed by atoms with Crippen LogP contribution in [0.5, 0.6) is 0 Å². The molecule has 68 valence electrons. The lowest BCUT2D eigenvalue weighted by Gasteiger charge is -2.03. The molecule has 2 aromatic heterocycles. The highest BCUT2D eigenvalue weighted by molar-refractivity contribution is 6.33. The first-order chi connectivity index (χ1) is 6.20. The number of halogens is 1. The molecule has 0 aliphatic heterocycles. The van der Waals surface area contributed by atoms with Crippen molar-refractivity contribution in [2.45, 2.75) is 13.0 Å². The Morgan fingerprint density at radius 1 is 1.62 bits per heavy atom. The van der Waals surface area contributed by atoms with Crippen LogP contribution in [0.4, 0.5) is 0 Å². The van der Waals surface area contributed by atoms with Gasteiger partial charge < -0.3 is 9.51 Å². The van der Waals surface area contributed by atoms with Gasteiger partial charge >= 0.3 is 0 Å². The quantitative estimate of drug-likeness (QED) is 0.758. The summed E-state index contributed by atoms with van der Waals surface area (Å²) in [4.78, 5) is 4.08. The Morgan fingerprint density at radius 2 is 2.38 bits per heavy atom. The normalized spacial score (nSPS) is 13.5. The predicted octanol–water partition coefficient (Wildman–Crippen LogP) is 2.04. The van der Waals surface area contributed by atoms with E-state index in [1.807, 2.05) is 12.3 Å². The van der Waals surface area contributed by atoms with Gasteiger partial charge in [0, 0.05) is 6.20 Å². The van der Waals surface area contributed by atoms with Crippen molar-refractivity contribution in [3.63, 3.8) is 0 Å². The Morgan fingerprint density at radius 3 is 3.08 bits per heavy atom. The van der Waals surface area contributed by atoms with Gasteiger partial charge in [0.15, 0.2) is 0 Å². The van der Waals surface area contributed by atoms with Crippen LogP contribution in [0.2, 0.25) is 5.02 Å². The predicted molar refractivity (Wildman–Crippen MR) is 50.8 cm³/mol. The smallest absolute Gasteiger partial charge is 0.141 e. The maximum absolute atomic E-state index is 9.38. The molecule has 2 aromatic rings. The van der Waals surface area contributed by atoms with Crippen molar-refractivity contribution >= 4 is 17.1 Å². The minimum Gasteiger partial charge on any atom is -0.385 e. The van der Waals surface area contributed by atoms with Gasteiger partial charge in [-0.3, -0.25) is 0 Å². The van der Waals surface area contributed by atoms with Gasteiger partial charge in [-0.15, -0.1) is 0 Å². The number of aliphatic hydroxyl groups is 1. The highest BCUT2D eigenvalue weighted by atomic mass is 35.5. The highest BCUT2D eigenvalue weighted by Gasteiger charge is 2.09. The van der Waals surface area contributed by atoms with E-state index in [0.717, 1.165) is 5.52 Å². The van der Waals surface area contributed by atoms with E-state index in [4.69, 9.17) is 11.6 Å². The molecular formula is C9H9ClN2O. The Hall–Kier alpha value is -1.06. The Balaban J connectivity index is 2.75. The highest BCUT2D eigenvalue weighted by Crippen LogP contribution is 2.20. The summed E-state index contributed by atoms with van der Waals surface area (Å²) in [5.41, 5.74) is 0.820. The van der Waals surface area contributed by atoms with Crippen molar-refractivity contribution in [1.82, 2.24) is 9.38 Å². The number of hydrogen-bond donors (Lipinski definition) is 1. The lowest BCUT2D eigenvalue weighted by molar-refractivity contribution is 0.188. The van der Waals surface area contributed by atoms with E-state index in [2.05, 4.69) is 4.98 Å². The zero-order chi connectivity index (χ0) is 9.42. The molecule has 1 N–H and O–H groups in total. The van der Waals surface area contributed by atoms with E-state index >= 15 is 0 Å². The number of aliphatic hydroxyl groups excluding tert-OH is 1. The van der Waals surface area contributed by atoms with Crippen LogP contribution in [0.1, 0.15) is 18.9 Å². The summed E-state index contributed by atoms with van der Waals surface area (Å²) in [7, 11) is 0. The van der Waals surface area contributed by atoms with E-state index < -0.39 is 6.10 Å². The third-order valence-corrected chi connectivity index (χ3v) is 2.24. The molecule has 0 saturated heterocycles. The molecule has 2 heterocycles. The van der Waals surface area contributed by atoms with Crippen LogP contribution < -0.4 is 0 Å². The number of hydrogen-bond acceptors (Lipinski definition) is 2. The van der Waals surface area contributed by atoms with Crippen LogP contribution in [0, 0.1) is 0 Å². The average molecular weight is 197 g/mol. The largest absolute Gasteiger partial charge is 0.385 e. The molecule has 13 heavy (non-hydrogen) atoms. The topological polar surface area (TPSA) is 37.5 Å². The zero-order valence-electron chi connectivity index (χ0n) is 7.11. The monoisotopic (exact) mass is 196 g/mol. The number of rotatable bonds is 1. The standard InChI is InChI=1S/C9H9ClN2O/c1-6(13)9-11-5-8-7(10)3-2-4-12(8)9/h2-6,13H,1H3. The Labute approximate surface area is 80.6 Å². The van der Waals surface area contributed by atoms with Gasteiger partial charge in [0.25, 0.3) is 0 Å². The average Bonchev–Trinajstić information content (AvgIpc) is 2.48. The van der Waals surface area contributed by atoms with Crippen LogP contribution in [-0.2, 0) is 0 Å². The molecule has 0 radical (unpaired) electrons. The lowest BCUT2D eigenvalue weighted by Crippen LogP contribution is -1.98. The van der Waals surface area contributed by atoms with Crippen molar-refractivity contribution in [3.05, 3.63) is 35.4 Å². The molecule has 0 saturated carbocycles. The Bertz CT molecular complexity index is 436. The van der Waals surface area contributed by atoms with Gasteiger partial charge in [0.1, 0.15) is 11.9 Å². The van der Waals surface area contributed by atoms with Gasteiger partial charge in [-0.05, 0) is 19.1 Å². The van der Waals surface area contributed by atoms with Gasteiger partial charge in [0.2, 0.25) is 0 Å². The van der Waals surface area contributed by atoms with Crippen molar-refractivity contribution in [2.24, 2.45) is 0 Å². The van der Waals surface area contributed by atoms with Gasteiger partial charge in [-0.1, -0.05) is 11.6 Å². The molecule has 4 heteroatoms. The number of pyridine rings is 1. The third kappa shape index (κ3) is 1.30. The fraction of sp³-hybridized carbons (Fsp3) is 0.222. The summed E-state index contributed by atoms with van der Waals surface area (Å²) < 4.78 is 1.78. The summed E-state index contributed by atoms with van der Waals surface area (Å²) in [6.45, 7) is 1.68. The van der Waals surface area contributed by atoms with Crippen molar-refractivity contribution in [2.75, 3.05) is 0 Å². The van der Waals surface area contributed by atoms with Crippen LogP contribution in [0.25, 0.3) is 5.52 Å². The van der Waals surface area contributed by atoms with E-state index in [1.54, 1.807) is 23.6 Å². The van der Waals surface area contributed by atoms with Gasteiger partial charge in [-0.25, -0.2) is 4.98 Å². The molecule has 3 nitrogen and oxygen atoms in total. The number of imidazole rings is 1. The zero-order valence-corrected chi connectivity index (χ0v) is 7.86. The first-order valence-corrected chi connectivity index (χ1v) is 4.37. The fourth-order valence-corrected chi connectivity index (χ4v) is 1.53. The number of fused-ring (bicyclic) bond motifs is 1. The van der Waals surface area contributed by atoms with Crippen LogP contribution in [-0.4, -0.2) is 14.5 Å². The first-order valence-electron chi connectivity index (χ1n) is 3.99. The first kappa shape index (κ1) is 8.53. The SMILES string of the molecule is CC(O)c1ncc2c(Cl)cccn12. The molecular weight excluding hydrogens is 188 g/mol. The van der Waals surface area contributed by atoms with Gasteiger partial charge in [-0.2, -0.15) is 0 Å². The molecule has 0 aliphatic carbocycles. The molecule has 0 bridgehead atoms. The lowest BCUT2D eigenvalue weighted by atomic mass is 10.4. The van der Waals surface area contributed by atoms with Crippen LogP contribution in [0.3, 0.4) is 0 Å². The summed E-state index contributed by atoms with van der Waals surface area (Å²) >= 11 is 5.93. The second kappa shape index (κ2) is 3.01. The summed E-state index contributed by atoms with van der Waals surface area (Å²) in [5, 5.41) is 10.0. The maximum Gasteiger partial charge on any atom is 0.141 e. The van der Waals surface area contributed by atoms with E-state index in [0.29, 0.717) is 10.8 Å². The van der Waals surface area contributed by atoms with E-state index in [-0.39, 0.29) is 0 Å². The summed E-state index contributed by atoms with van der Waals surface area (Å²) in [6, 6.07) is 3.62. The van der Waals surface area contributed by atoms with E-state index in [9.17, 15) is 5.11 Å². The Kier molecular flexibility index (Phi) is 1.98. The second-order valence-electron chi connectivity index (χ2n) is 2.90.